The third-order valence-corrected chi connectivity index (χ3v) is 3.40. The van der Waals surface area contributed by atoms with Crippen molar-refractivity contribution in [3.05, 3.63) is 47.3 Å². The quantitative estimate of drug-likeness (QED) is 0.909. The van der Waals surface area contributed by atoms with Gasteiger partial charge in [-0.2, -0.15) is 5.10 Å². The minimum atomic E-state index is 0.194. The third-order valence-electron chi connectivity index (χ3n) is 3.40. The third kappa shape index (κ3) is 2.63. The van der Waals surface area contributed by atoms with E-state index in [0.717, 1.165) is 31.0 Å². The van der Waals surface area contributed by atoms with E-state index >= 15 is 0 Å². The van der Waals surface area contributed by atoms with Crippen molar-refractivity contribution in [1.82, 2.24) is 15.1 Å². The molecule has 0 bridgehead atoms. The van der Waals surface area contributed by atoms with Crippen molar-refractivity contribution in [1.29, 1.82) is 0 Å². The maximum Gasteiger partial charge on any atom is 0.123 e. The van der Waals surface area contributed by atoms with Crippen LogP contribution >= 0.6 is 0 Å². The van der Waals surface area contributed by atoms with Gasteiger partial charge in [0.1, 0.15) is 11.9 Å². The number of rotatable bonds is 4. The van der Waals surface area contributed by atoms with E-state index in [1.54, 1.807) is 0 Å². The fourth-order valence-corrected chi connectivity index (χ4v) is 2.54. The van der Waals surface area contributed by atoms with Gasteiger partial charge in [-0.05, 0) is 31.7 Å². The molecule has 2 heterocycles. The second-order valence-electron chi connectivity index (χ2n) is 5.11. The van der Waals surface area contributed by atoms with Crippen LogP contribution in [-0.4, -0.2) is 22.9 Å². The van der Waals surface area contributed by atoms with Crippen molar-refractivity contribution in [3.63, 3.8) is 0 Å². The average molecular weight is 257 g/mol. The number of fused-ring (bicyclic) bond motifs is 1. The topological polar surface area (TPSA) is 39.1 Å². The largest absolute Gasteiger partial charge is 0.488 e. The molecule has 4 heteroatoms. The molecular weight excluding hydrogens is 238 g/mol. The molecule has 1 unspecified atom stereocenters. The summed E-state index contributed by atoms with van der Waals surface area (Å²) in [6, 6.07) is 8.42. The molecule has 0 fully saturated rings. The highest BCUT2D eigenvalue weighted by atomic mass is 16.5. The van der Waals surface area contributed by atoms with Crippen LogP contribution in [0, 0.1) is 6.92 Å². The van der Waals surface area contributed by atoms with Crippen LogP contribution in [0.4, 0.5) is 0 Å². The van der Waals surface area contributed by atoms with E-state index in [1.165, 1.54) is 11.1 Å². The molecule has 1 aromatic heterocycles. The van der Waals surface area contributed by atoms with Crippen LogP contribution in [0.25, 0.3) is 0 Å². The number of hydrogen-bond donors (Lipinski definition) is 1. The van der Waals surface area contributed by atoms with Crippen LogP contribution in [0.2, 0.25) is 0 Å². The Hall–Kier alpha value is -1.81. The van der Waals surface area contributed by atoms with Crippen molar-refractivity contribution in [2.45, 2.75) is 32.5 Å². The first kappa shape index (κ1) is 12.2. The summed E-state index contributed by atoms with van der Waals surface area (Å²) in [7, 11) is 1.93. The Morgan fingerprint density at radius 1 is 1.42 bits per heavy atom. The molecule has 1 aliphatic heterocycles. The zero-order valence-electron chi connectivity index (χ0n) is 11.4. The van der Waals surface area contributed by atoms with Gasteiger partial charge in [0.25, 0.3) is 0 Å². The number of aromatic nitrogens is 2. The van der Waals surface area contributed by atoms with E-state index in [-0.39, 0.29) is 6.10 Å². The number of nitrogens with zero attached hydrogens (tertiary/aromatic N) is 2. The summed E-state index contributed by atoms with van der Waals surface area (Å²) in [5, 5.41) is 7.62. The fourth-order valence-electron chi connectivity index (χ4n) is 2.54. The summed E-state index contributed by atoms with van der Waals surface area (Å²) in [4.78, 5) is 0. The normalized spacial score (nSPS) is 17.3. The van der Waals surface area contributed by atoms with Gasteiger partial charge < -0.3 is 10.1 Å². The number of aryl methyl sites for hydroxylation is 1. The molecule has 3 rings (SSSR count). The highest BCUT2D eigenvalue weighted by Crippen LogP contribution is 2.29. The molecule has 100 valence electrons. The predicted molar refractivity (Wildman–Crippen MR) is 74.3 cm³/mol. The maximum atomic E-state index is 5.96. The van der Waals surface area contributed by atoms with E-state index in [9.17, 15) is 0 Å². The van der Waals surface area contributed by atoms with Crippen LogP contribution in [0.15, 0.2) is 30.5 Å². The van der Waals surface area contributed by atoms with Gasteiger partial charge in [0.15, 0.2) is 0 Å². The maximum absolute atomic E-state index is 5.96. The van der Waals surface area contributed by atoms with Gasteiger partial charge in [-0.15, -0.1) is 0 Å². The Morgan fingerprint density at radius 2 is 2.32 bits per heavy atom. The van der Waals surface area contributed by atoms with Crippen molar-refractivity contribution in [2.24, 2.45) is 0 Å². The summed E-state index contributed by atoms with van der Waals surface area (Å²) >= 11 is 0. The van der Waals surface area contributed by atoms with Crippen molar-refractivity contribution in [3.8, 4) is 5.75 Å². The molecule has 0 saturated heterocycles. The SMILES string of the molecule is CNCc1ccn(CC2Cc3cc(C)ccc3O2)n1. The van der Waals surface area contributed by atoms with Crippen LogP contribution in [0.1, 0.15) is 16.8 Å². The van der Waals surface area contributed by atoms with Crippen molar-refractivity contribution < 1.29 is 4.74 Å². The van der Waals surface area contributed by atoms with Crippen LogP contribution in [0.5, 0.6) is 5.75 Å². The zero-order chi connectivity index (χ0) is 13.2. The lowest BCUT2D eigenvalue weighted by Crippen LogP contribution is -2.21. The first-order valence-electron chi connectivity index (χ1n) is 6.68. The van der Waals surface area contributed by atoms with Crippen LogP contribution in [-0.2, 0) is 19.5 Å². The van der Waals surface area contributed by atoms with E-state index in [4.69, 9.17) is 4.74 Å². The standard InChI is InChI=1S/C15H19N3O/c1-11-3-4-15-12(7-11)8-14(19-15)10-18-6-5-13(17-18)9-16-2/h3-7,14,16H,8-10H2,1-2H3. The monoisotopic (exact) mass is 257 g/mol. The van der Waals surface area contributed by atoms with E-state index in [1.807, 2.05) is 24.0 Å². The Labute approximate surface area is 113 Å². The van der Waals surface area contributed by atoms with Crippen LogP contribution < -0.4 is 10.1 Å². The molecule has 1 N–H and O–H groups in total. The summed E-state index contributed by atoms with van der Waals surface area (Å²) in [5.74, 6) is 1.03. The summed E-state index contributed by atoms with van der Waals surface area (Å²) < 4.78 is 7.93. The Morgan fingerprint density at radius 3 is 3.16 bits per heavy atom. The molecule has 19 heavy (non-hydrogen) atoms. The van der Waals surface area contributed by atoms with E-state index in [0.29, 0.717) is 0 Å². The van der Waals surface area contributed by atoms with Crippen molar-refractivity contribution in [2.75, 3.05) is 7.05 Å². The highest BCUT2D eigenvalue weighted by molar-refractivity contribution is 5.40. The van der Waals surface area contributed by atoms with Gasteiger partial charge in [-0.3, -0.25) is 4.68 Å². The smallest absolute Gasteiger partial charge is 0.123 e. The molecule has 4 nitrogen and oxygen atoms in total. The lowest BCUT2D eigenvalue weighted by atomic mass is 10.1. The molecular formula is C15H19N3O. The van der Waals surface area contributed by atoms with Gasteiger partial charge in [0, 0.05) is 19.2 Å². The molecule has 1 aromatic carbocycles. The Kier molecular flexibility index (Phi) is 3.25. The van der Waals surface area contributed by atoms with Gasteiger partial charge in [0.05, 0.1) is 12.2 Å². The molecule has 0 saturated carbocycles. The number of nitrogens with one attached hydrogen (secondary N) is 1. The lowest BCUT2D eigenvalue weighted by Gasteiger charge is -2.10. The molecule has 0 radical (unpaired) electrons. The first-order chi connectivity index (χ1) is 9.24. The van der Waals surface area contributed by atoms with Crippen molar-refractivity contribution >= 4 is 0 Å². The first-order valence-corrected chi connectivity index (χ1v) is 6.68. The predicted octanol–water partition coefficient (Wildman–Crippen LogP) is 1.91. The number of hydrogen-bond acceptors (Lipinski definition) is 3. The highest BCUT2D eigenvalue weighted by Gasteiger charge is 2.23. The summed E-state index contributed by atoms with van der Waals surface area (Å²) in [6.07, 6.45) is 3.18. The Bertz CT molecular complexity index is 577. The molecule has 0 aliphatic carbocycles. The number of benzene rings is 1. The fraction of sp³-hybridized carbons (Fsp3) is 0.400. The minimum Gasteiger partial charge on any atom is -0.488 e. The van der Waals surface area contributed by atoms with Gasteiger partial charge in [-0.25, -0.2) is 0 Å². The average Bonchev–Trinajstić information content (AvgIpc) is 2.96. The number of ether oxygens (including phenoxy) is 1. The molecule has 0 amide bonds. The second kappa shape index (κ2) is 5.05. The van der Waals surface area contributed by atoms with Gasteiger partial charge in [-0.1, -0.05) is 17.7 Å². The van der Waals surface area contributed by atoms with E-state index < -0.39 is 0 Å². The second-order valence-corrected chi connectivity index (χ2v) is 5.11. The zero-order valence-corrected chi connectivity index (χ0v) is 11.4. The lowest BCUT2D eigenvalue weighted by molar-refractivity contribution is 0.203. The van der Waals surface area contributed by atoms with Gasteiger partial charge >= 0.3 is 0 Å². The summed E-state index contributed by atoms with van der Waals surface area (Å²) in [5.41, 5.74) is 3.67. The molecule has 1 atom stereocenters. The minimum absolute atomic E-state index is 0.194. The molecule has 0 spiro atoms. The Balaban J connectivity index is 1.66. The van der Waals surface area contributed by atoms with E-state index in [2.05, 4.69) is 35.5 Å². The van der Waals surface area contributed by atoms with Gasteiger partial charge in [0.2, 0.25) is 0 Å². The summed E-state index contributed by atoms with van der Waals surface area (Å²) in [6.45, 7) is 3.72. The molecule has 1 aliphatic rings. The van der Waals surface area contributed by atoms with Crippen LogP contribution in [0.3, 0.4) is 0 Å². The molecule has 2 aromatic rings.